The first-order valence-electron chi connectivity index (χ1n) is 6.80. The van der Waals surface area contributed by atoms with Gasteiger partial charge in [-0.1, -0.05) is 18.2 Å². The Morgan fingerprint density at radius 2 is 1.86 bits per heavy atom. The summed E-state index contributed by atoms with van der Waals surface area (Å²) in [5, 5.41) is 1.01. The number of rotatable bonds is 4. The van der Waals surface area contributed by atoms with E-state index in [-0.39, 0.29) is 12.4 Å². The molecule has 3 nitrogen and oxygen atoms in total. The predicted octanol–water partition coefficient (Wildman–Crippen LogP) is 4.62. The summed E-state index contributed by atoms with van der Waals surface area (Å²) in [6.07, 6.45) is 0. The molecule has 22 heavy (non-hydrogen) atoms. The van der Waals surface area contributed by atoms with Gasteiger partial charge in [0.25, 0.3) is 0 Å². The van der Waals surface area contributed by atoms with Gasteiger partial charge in [-0.2, -0.15) is 0 Å². The smallest absolute Gasteiger partial charge is 0.348 e. The van der Waals surface area contributed by atoms with Gasteiger partial charge in [0.1, 0.15) is 4.88 Å². The maximum absolute atomic E-state index is 12.1. The Kier molecular flexibility index (Phi) is 4.09. The molecule has 0 aliphatic carbocycles. The summed E-state index contributed by atoms with van der Waals surface area (Å²) in [7, 11) is 0. The van der Waals surface area contributed by atoms with Crippen LogP contribution in [0.3, 0.4) is 0 Å². The first-order valence-corrected chi connectivity index (χ1v) is 8.44. The van der Waals surface area contributed by atoms with Crippen molar-refractivity contribution in [1.29, 1.82) is 0 Å². The molecule has 0 aliphatic heterocycles. The lowest BCUT2D eigenvalue weighted by Crippen LogP contribution is -2.13. The number of ether oxygens (including phenoxy) is 1. The highest BCUT2D eigenvalue weighted by Crippen LogP contribution is 2.26. The number of hydrogen-bond donors (Lipinski definition) is 0. The van der Waals surface area contributed by atoms with E-state index >= 15 is 0 Å². The second-order valence-corrected chi connectivity index (χ2v) is 7.52. The fourth-order valence-electron chi connectivity index (χ4n) is 2.27. The van der Waals surface area contributed by atoms with E-state index < -0.39 is 5.97 Å². The highest BCUT2D eigenvalue weighted by Gasteiger charge is 2.16. The van der Waals surface area contributed by atoms with E-state index in [2.05, 4.69) is 0 Å². The van der Waals surface area contributed by atoms with Crippen LogP contribution >= 0.6 is 22.7 Å². The van der Waals surface area contributed by atoms with Crippen molar-refractivity contribution in [2.24, 2.45) is 0 Å². The number of carbonyl (C=O) groups is 2. The van der Waals surface area contributed by atoms with E-state index in [1.807, 2.05) is 44.2 Å². The van der Waals surface area contributed by atoms with Gasteiger partial charge in [0.15, 0.2) is 6.61 Å². The van der Waals surface area contributed by atoms with E-state index in [1.165, 1.54) is 11.3 Å². The number of aryl methyl sites for hydroxylation is 2. The number of hydrogen-bond acceptors (Lipinski definition) is 5. The SMILES string of the molecule is Cc1cc(C(=O)COC(=O)c2cc3ccccc3s2)c(C)s1. The number of esters is 1. The monoisotopic (exact) mass is 330 g/mol. The fraction of sp³-hybridized carbons (Fsp3) is 0.176. The van der Waals surface area contributed by atoms with Crippen LogP contribution in [-0.2, 0) is 4.74 Å². The van der Waals surface area contributed by atoms with E-state index in [4.69, 9.17) is 4.74 Å². The van der Waals surface area contributed by atoms with Gasteiger partial charge in [-0.25, -0.2) is 4.79 Å². The summed E-state index contributed by atoms with van der Waals surface area (Å²) in [5.41, 5.74) is 0.645. The summed E-state index contributed by atoms with van der Waals surface area (Å²) in [6.45, 7) is 3.64. The summed E-state index contributed by atoms with van der Waals surface area (Å²) in [6, 6.07) is 11.4. The molecule has 0 atom stereocenters. The third-order valence-electron chi connectivity index (χ3n) is 3.30. The lowest BCUT2D eigenvalue weighted by molar-refractivity contribution is 0.0479. The Bertz CT molecular complexity index is 825. The maximum Gasteiger partial charge on any atom is 0.348 e. The molecule has 2 heterocycles. The van der Waals surface area contributed by atoms with Gasteiger partial charge < -0.3 is 4.74 Å². The van der Waals surface area contributed by atoms with Gasteiger partial charge in [-0.05, 0) is 37.4 Å². The van der Waals surface area contributed by atoms with Gasteiger partial charge in [0.2, 0.25) is 5.78 Å². The lowest BCUT2D eigenvalue weighted by atomic mass is 10.2. The zero-order valence-electron chi connectivity index (χ0n) is 12.2. The molecular weight excluding hydrogens is 316 g/mol. The molecule has 3 rings (SSSR count). The summed E-state index contributed by atoms with van der Waals surface area (Å²) in [4.78, 5) is 26.8. The summed E-state index contributed by atoms with van der Waals surface area (Å²) >= 11 is 2.95. The van der Waals surface area contributed by atoms with E-state index in [9.17, 15) is 9.59 Å². The second-order valence-electron chi connectivity index (χ2n) is 4.97. The van der Waals surface area contributed by atoms with Crippen LogP contribution in [0, 0.1) is 13.8 Å². The topological polar surface area (TPSA) is 43.4 Å². The van der Waals surface area contributed by atoms with E-state index in [0.717, 1.165) is 19.8 Å². The Balaban J connectivity index is 1.69. The van der Waals surface area contributed by atoms with Crippen molar-refractivity contribution in [3.8, 4) is 0 Å². The molecule has 112 valence electrons. The van der Waals surface area contributed by atoms with Crippen LogP contribution in [0.2, 0.25) is 0 Å². The van der Waals surface area contributed by atoms with E-state index in [0.29, 0.717) is 10.4 Å². The van der Waals surface area contributed by atoms with Crippen LogP contribution in [0.25, 0.3) is 10.1 Å². The molecule has 0 amide bonds. The first kappa shape index (κ1) is 14.9. The second kappa shape index (κ2) is 6.02. The molecule has 0 bridgehead atoms. The zero-order valence-corrected chi connectivity index (χ0v) is 13.8. The Labute approximate surface area is 136 Å². The molecule has 0 aliphatic rings. The molecule has 0 radical (unpaired) electrons. The number of thiophene rings is 2. The minimum absolute atomic E-state index is 0.156. The zero-order chi connectivity index (χ0) is 15.7. The van der Waals surface area contributed by atoms with Crippen LogP contribution < -0.4 is 0 Å². The van der Waals surface area contributed by atoms with Crippen LogP contribution in [0.15, 0.2) is 36.4 Å². The number of Topliss-reactive ketones (excluding diaryl/α,β-unsaturated/α-hetero) is 1. The van der Waals surface area contributed by atoms with Crippen LogP contribution in [0.1, 0.15) is 29.8 Å². The van der Waals surface area contributed by atoms with Crippen LogP contribution in [0.5, 0.6) is 0 Å². The highest BCUT2D eigenvalue weighted by molar-refractivity contribution is 7.20. The lowest BCUT2D eigenvalue weighted by Gasteiger charge is -2.02. The van der Waals surface area contributed by atoms with Crippen molar-refractivity contribution < 1.29 is 14.3 Å². The number of benzene rings is 1. The molecule has 0 fully saturated rings. The van der Waals surface area contributed by atoms with Crippen molar-refractivity contribution in [3.05, 3.63) is 56.6 Å². The minimum Gasteiger partial charge on any atom is -0.453 e. The number of carbonyl (C=O) groups excluding carboxylic acids is 2. The molecule has 5 heteroatoms. The third kappa shape index (κ3) is 2.96. The standard InChI is InChI=1S/C17H14O3S2/c1-10-7-13(11(2)21-10)14(18)9-20-17(19)16-8-12-5-3-4-6-15(12)22-16/h3-8H,9H2,1-2H3. The van der Waals surface area contributed by atoms with Gasteiger partial charge in [-0.15, -0.1) is 22.7 Å². The normalized spacial score (nSPS) is 10.8. The molecule has 0 N–H and O–H groups in total. The largest absolute Gasteiger partial charge is 0.453 e. The van der Waals surface area contributed by atoms with Crippen molar-refractivity contribution in [2.75, 3.05) is 6.61 Å². The van der Waals surface area contributed by atoms with Gasteiger partial charge in [0.05, 0.1) is 0 Å². The third-order valence-corrected chi connectivity index (χ3v) is 5.36. The van der Waals surface area contributed by atoms with Crippen molar-refractivity contribution >= 4 is 44.5 Å². The molecule has 0 spiro atoms. The number of fused-ring (bicyclic) bond motifs is 1. The summed E-state index contributed by atoms with van der Waals surface area (Å²) in [5.74, 6) is -0.601. The summed E-state index contributed by atoms with van der Waals surface area (Å²) < 4.78 is 6.20. The van der Waals surface area contributed by atoms with Crippen LogP contribution in [-0.4, -0.2) is 18.4 Å². The van der Waals surface area contributed by atoms with Crippen molar-refractivity contribution in [1.82, 2.24) is 0 Å². The van der Waals surface area contributed by atoms with Gasteiger partial charge >= 0.3 is 5.97 Å². The number of ketones is 1. The van der Waals surface area contributed by atoms with E-state index in [1.54, 1.807) is 17.4 Å². The molecule has 2 aromatic heterocycles. The maximum atomic E-state index is 12.1. The molecule has 1 aromatic carbocycles. The first-order chi connectivity index (χ1) is 10.5. The molecule has 0 saturated carbocycles. The Morgan fingerprint density at radius 1 is 1.09 bits per heavy atom. The Hall–Kier alpha value is -1.98. The molecule has 0 unspecified atom stereocenters. The molecule has 3 aromatic rings. The minimum atomic E-state index is -0.445. The van der Waals surface area contributed by atoms with Crippen molar-refractivity contribution in [2.45, 2.75) is 13.8 Å². The quantitative estimate of drug-likeness (QED) is 0.518. The fourth-order valence-corrected chi connectivity index (χ4v) is 4.17. The average Bonchev–Trinajstić information content (AvgIpc) is 3.07. The highest BCUT2D eigenvalue weighted by atomic mass is 32.1. The van der Waals surface area contributed by atoms with Crippen LogP contribution in [0.4, 0.5) is 0 Å². The molecular formula is C17H14O3S2. The van der Waals surface area contributed by atoms with Crippen molar-refractivity contribution in [3.63, 3.8) is 0 Å². The Morgan fingerprint density at radius 3 is 2.55 bits per heavy atom. The average molecular weight is 330 g/mol. The van der Waals surface area contributed by atoms with Gasteiger partial charge in [0, 0.05) is 20.0 Å². The predicted molar refractivity (Wildman–Crippen MR) is 90.2 cm³/mol. The van der Waals surface area contributed by atoms with Gasteiger partial charge in [-0.3, -0.25) is 4.79 Å². The molecule has 0 saturated heterocycles.